The Hall–Kier alpha value is -0.800. The summed E-state index contributed by atoms with van der Waals surface area (Å²) >= 11 is 0. The maximum Gasteiger partial charge on any atom is 0.220 e. The van der Waals surface area contributed by atoms with Gasteiger partial charge in [0.25, 0.3) is 0 Å². The van der Waals surface area contributed by atoms with Crippen LogP contribution >= 0.6 is 21.6 Å². The maximum atomic E-state index is 11.6. The first-order valence-corrected chi connectivity index (χ1v) is 9.47. The van der Waals surface area contributed by atoms with Gasteiger partial charge >= 0.3 is 0 Å². The number of pyridine rings is 1. The van der Waals surface area contributed by atoms with Crippen LogP contribution in [0.5, 0.6) is 0 Å². The summed E-state index contributed by atoms with van der Waals surface area (Å²) in [6.07, 6.45) is 2.25. The van der Waals surface area contributed by atoms with E-state index in [2.05, 4.69) is 10.3 Å². The molecule has 1 aromatic heterocycles. The van der Waals surface area contributed by atoms with Crippen molar-refractivity contribution in [3.8, 4) is 0 Å². The van der Waals surface area contributed by atoms with Gasteiger partial charge < -0.3 is 20.5 Å². The number of nitrogens with zero attached hydrogens (tertiary/aromatic N) is 1. The lowest BCUT2D eigenvalue weighted by molar-refractivity contribution is -0.120. The summed E-state index contributed by atoms with van der Waals surface area (Å²) in [6, 6.07) is 5.78. The van der Waals surface area contributed by atoms with Crippen molar-refractivity contribution >= 4 is 27.5 Å². The lowest BCUT2D eigenvalue weighted by Gasteiger charge is -2.06. The lowest BCUT2D eigenvalue weighted by atomic mass is 10.4. The molecule has 0 atom stereocenters. The largest absolute Gasteiger partial charge is 0.378 e. The van der Waals surface area contributed by atoms with Gasteiger partial charge in [-0.2, -0.15) is 0 Å². The van der Waals surface area contributed by atoms with Gasteiger partial charge in [0.05, 0.1) is 26.4 Å². The Bertz CT molecular complexity index is 396. The Morgan fingerprint density at radius 2 is 2.05 bits per heavy atom. The van der Waals surface area contributed by atoms with Crippen LogP contribution in [0.4, 0.5) is 0 Å². The molecule has 1 amide bonds. The summed E-state index contributed by atoms with van der Waals surface area (Å²) in [4.78, 5) is 15.8. The van der Waals surface area contributed by atoms with Crippen LogP contribution in [0.15, 0.2) is 29.4 Å². The molecule has 22 heavy (non-hydrogen) atoms. The number of carbonyl (C=O) groups is 1. The van der Waals surface area contributed by atoms with E-state index in [1.807, 2.05) is 18.2 Å². The number of hydrogen-bond acceptors (Lipinski definition) is 7. The first kappa shape index (κ1) is 19.2. The van der Waals surface area contributed by atoms with Gasteiger partial charge in [-0.25, -0.2) is 4.98 Å². The molecule has 124 valence electrons. The molecule has 0 aliphatic carbocycles. The van der Waals surface area contributed by atoms with Gasteiger partial charge in [-0.15, -0.1) is 0 Å². The molecule has 0 aliphatic rings. The number of hydrogen-bond donors (Lipinski definition) is 2. The van der Waals surface area contributed by atoms with E-state index in [0.717, 1.165) is 10.8 Å². The van der Waals surface area contributed by atoms with Crippen LogP contribution in [0.3, 0.4) is 0 Å². The fourth-order valence-corrected chi connectivity index (χ4v) is 3.26. The highest BCUT2D eigenvalue weighted by atomic mass is 33.1. The minimum Gasteiger partial charge on any atom is -0.378 e. The highest BCUT2D eigenvalue weighted by Crippen LogP contribution is 2.29. The van der Waals surface area contributed by atoms with Crippen LogP contribution in [-0.2, 0) is 14.3 Å². The van der Waals surface area contributed by atoms with E-state index < -0.39 is 0 Å². The van der Waals surface area contributed by atoms with Gasteiger partial charge in [-0.1, -0.05) is 16.9 Å². The topological polar surface area (TPSA) is 86.5 Å². The van der Waals surface area contributed by atoms with Crippen molar-refractivity contribution in [3.05, 3.63) is 24.4 Å². The number of nitrogens with one attached hydrogen (secondary N) is 1. The van der Waals surface area contributed by atoms with Crippen LogP contribution in [-0.4, -0.2) is 56.2 Å². The van der Waals surface area contributed by atoms with E-state index in [1.165, 1.54) is 0 Å². The molecule has 0 saturated carbocycles. The van der Waals surface area contributed by atoms with E-state index in [0.29, 0.717) is 45.9 Å². The lowest BCUT2D eigenvalue weighted by Crippen LogP contribution is -2.27. The molecular weight excluding hydrogens is 322 g/mol. The fraction of sp³-hybridized carbons (Fsp3) is 0.571. The van der Waals surface area contributed by atoms with Gasteiger partial charge in [0.1, 0.15) is 5.03 Å². The Kier molecular flexibility index (Phi) is 12.1. The maximum absolute atomic E-state index is 11.6. The number of amides is 1. The average molecular weight is 345 g/mol. The van der Waals surface area contributed by atoms with Crippen LogP contribution < -0.4 is 11.1 Å². The highest BCUT2D eigenvalue weighted by Gasteiger charge is 2.02. The fourth-order valence-electron chi connectivity index (χ4n) is 1.39. The SMILES string of the molecule is NCCOCCOCCNC(=O)CCSSc1ccccn1. The van der Waals surface area contributed by atoms with Crippen LogP contribution in [0.2, 0.25) is 0 Å². The first-order chi connectivity index (χ1) is 10.8. The van der Waals surface area contributed by atoms with E-state index in [-0.39, 0.29) is 5.91 Å². The molecule has 3 N–H and O–H groups in total. The molecule has 0 aromatic carbocycles. The number of aromatic nitrogens is 1. The molecule has 0 saturated heterocycles. The van der Waals surface area contributed by atoms with Gasteiger partial charge in [-0.3, -0.25) is 4.79 Å². The predicted molar refractivity (Wildman–Crippen MR) is 90.9 cm³/mol. The van der Waals surface area contributed by atoms with Gasteiger partial charge in [-0.05, 0) is 22.9 Å². The average Bonchev–Trinajstić information content (AvgIpc) is 2.55. The molecule has 0 aliphatic heterocycles. The molecule has 0 fully saturated rings. The normalized spacial score (nSPS) is 10.6. The molecule has 1 aromatic rings. The summed E-state index contributed by atoms with van der Waals surface area (Å²) in [5.41, 5.74) is 5.29. The minimum atomic E-state index is 0.0390. The molecular formula is C14H23N3O3S2. The Labute approximate surface area is 139 Å². The third-order valence-corrected chi connectivity index (χ3v) is 4.66. The zero-order valence-electron chi connectivity index (χ0n) is 12.5. The number of carbonyl (C=O) groups excluding carboxylic acids is 1. The van der Waals surface area contributed by atoms with Crippen molar-refractivity contribution in [1.29, 1.82) is 0 Å². The molecule has 1 rings (SSSR count). The van der Waals surface area contributed by atoms with Crippen molar-refractivity contribution in [2.24, 2.45) is 5.73 Å². The molecule has 1 heterocycles. The second kappa shape index (κ2) is 13.8. The molecule has 6 nitrogen and oxygen atoms in total. The standard InChI is InChI=1S/C14H23N3O3S2/c15-5-8-19-10-11-20-9-7-16-13(18)4-12-21-22-14-3-1-2-6-17-14/h1-3,6H,4-5,7-12,15H2,(H,16,18). The van der Waals surface area contributed by atoms with Crippen molar-refractivity contribution in [2.45, 2.75) is 11.4 Å². The van der Waals surface area contributed by atoms with Gasteiger partial charge in [0.15, 0.2) is 0 Å². The zero-order chi connectivity index (χ0) is 15.9. The predicted octanol–water partition coefficient (Wildman–Crippen LogP) is 1.32. The second-order valence-corrected chi connectivity index (χ2v) is 6.62. The molecule has 0 radical (unpaired) electrons. The van der Waals surface area contributed by atoms with Gasteiger partial charge in [0.2, 0.25) is 5.91 Å². The monoisotopic (exact) mass is 345 g/mol. The quantitative estimate of drug-likeness (QED) is 0.412. The smallest absolute Gasteiger partial charge is 0.220 e. The summed E-state index contributed by atoms with van der Waals surface area (Å²) in [5, 5.41) is 3.78. The van der Waals surface area contributed by atoms with E-state index in [1.54, 1.807) is 27.8 Å². The first-order valence-electron chi connectivity index (χ1n) is 7.15. The third kappa shape index (κ3) is 10.9. The summed E-state index contributed by atoms with van der Waals surface area (Å²) in [7, 11) is 3.21. The van der Waals surface area contributed by atoms with E-state index in [9.17, 15) is 4.79 Å². The Morgan fingerprint density at radius 3 is 2.77 bits per heavy atom. The third-order valence-electron chi connectivity index (χ3n) is 2.40. The Morgan fingerprint density at radius 1 is 1.23 bits per heavy atom. The van der Waals surface area contributed by atoms with Crippen LogP contribution in [0.25, 0.3) is 0 Å². The minimum absolute atomic E-state index is 0.0390. The zero-order valence-corrected chi connectivity index (χ0v) is 14.2. The van der Waals surface area contributed by atoms with E-state index in [4.69, 9.17) is 15.2 Å². The molecule has 8 heteroatoms. The highest BCUT2D eigenvalue weighted by molar-refractivity contribution is 8.76. The van der Waals surface area contributed by atoms with Crippen LogP contribution in [0.1, 0.15) is 6.42 Å². The molecule has 0 bridgehead atoms. The van der Waals surface area contributed by atoms with Crippen molar-refractivity contribution in [1.82, 2.24) is 10.3 Å². The number of nitrogens with two attached hydrogens (primary N) is 1. The summed E-state index contributed by atoms with van der Waals surface area (Å²) in [6.45, 7) is 3.14. The summed E-state index contributed by atoms with van der Waals surface area (Å²) in [5.74, 6) is 0.790. The second-order valence-electron chi connectivity index (χ2n) is 4.19. The number of rotatable bonds is 13. The molecule has 0 spiro atoms. The number of ether oxygens (including phenoxy) is 2. The van der Waals surface area contributed by atoms with Gasteiger partial charge in [0, 0.05) is 31.5 Å². The summed E-state index contributed by atoms with van der Waals surface area (Å²) < 4.78 is 10.5. The van der Waals surface area contributed by atoms with Crippen molar-refractivity contribution < 1.29 is 14.3 Å². The van der Waals surface area contributed by atoms with E-state index >= 15 is 0 Å². The Balaban J connectivity index is 1.87. The van der Waals surface area contributed by atoms with Crippen molar-refractivity contribution in [3.63, 3.8) is 0 Å². The van der Waals surface area contributed by atoms with Crippen LogP contribution in [0, 0.1) is 0 Å². The van der Waals surface area contributed by atoms with Crippen molar-refractivity contribution in [2.75, 3.05) is 45.3 Å². The molecule has 0 unspecified atom stereocenters.